The molecular weight excluding hydrogens is 184 g/mol. The Morgan fingerprint density at radius 2 is 2.21 bits per heavy atom. The minimum atomic E-state index is -0.734. The molecule has 4 nitrogen and oxygen atoms in total. The Labute approximate surface area is 82.8 Å². The molecule has 2 saturated heterocycles. The van der Waals surface area contributed by atoms with Gasteiger partial charge in [0, 0.05) is 0 Å². The van der Waals surface area contributed by atoms with Crippen LogP contribution in [0.15, 0.2) is 11.6 Å². The molecule has 3 heterocycles. The van der Waals surface area contributed by atoms with Crippen molar-refractivity contribution < 1.29 is 18.9 Å². The second kappa shape index (κ2) is 3.03. The van der Waals surface area contributed by atoms with Crippen LogP contribution in [-0.2, 0) is 18.9 Å². The maximum absolute atomic E-state index is 5.67. The Bertz CT molecular complexity index is 267. The largest absolute Gasteiger partial charge is 0.344 e. The van der Waals surface area contributed by atoms with Crippen LogP contribution in [0.4, 0.5) is 0 Å². The predicted molar refractivity (Wildman–Crippen MR) is 47.6 cm³/mol. The second-order valence-electron chi connectivity index (χ2n) is 3.75. The molecule has 78 valence electrons. The fourth-order valence-electron chi connectivity index (χ4n) is 2.31. The van der Waals surface area contributed by atoms with E-state index in [0.29, 0.717) is 19.8 Å². The van der Waals surface area contributed by atoms with E-state index in [-0.39, 0.29) is 12.4 Å². The monoisotopic (exact) mass is 198 g/mol. The third-order valence-electron chi connectivity index (χ3n) is 2.95. The summed E-state index contributed by atoms with van der Waals surface area (Å²) in [6.07, 6.45) is 2.72. The fourth-order valence-corrected chi connectivity index (χ4v) is 2.31. The molecule has 0 aromatic rings. The molecule has 0 aromatic carbocycles. The van der Waals surface area contributed by atoms with E-state index in [1.807, 2.05) is 0 Å². The number of ether oxygens (including phenoxy) is 4. The number of hydrogen-bond donors (Lipinski definition) is 0. The van der Waals surface area contributed by atoms with Crippen LogP contribution in [0.25, 0.3) is 0 Å². The highest BCUT2D eigenvalue weighted by Gasteiger charge is 2.55. The molecule has 4 heteroatoms. The number of fused-ring (bicyclic) bond motifs is 3. The number of hydrogen-bond acceptors (Lipinski definition) is 4. The summed E-state index contributed by atoms with van der Waals surface area (Å²) < 4.78 is 22.5. The zero-order chi connectivity index (χ0) is 9.60. The van der Waals surface area contributed by atoms with Gasteiger partial charge in [0.2, 0.25) is 12.1 Å². The lowest BCUT2D eigenvalue weighted by Crippen LogP contribution is -2.48. The van der Waals surface area contributed by atoms with Crippen LogP contribution in [0.2, 0.25) is 0 Å². The summed E-state index contributed by atoms with van der Waals surface area (Å²) in [6, 6.07) is 0. The molecule has 0 aromatic heterocycles. The van der Waals surface area contributed by atoms with Gasteiger partial charge in [0.1, 0.15) is 6.10 Å². The number of rotatable bonds is 1. The van der Waals surface area contributed by atoms with E-state index in [0.717, 1.165) is 12.0 Å². The average Bonchev–Trinajstić information content (AvgIpc) is 2.78. The maximum Gasteiger partial charge on any atom is 0.244 e. The lowest BCUT2D eigenvalue weighted by atomic mass is 9.99. The van der Waals surface area contributed by atoms with Crippen molar-refractivity contribution in [2.45, 2.75) is 31.5 Å². The summed E-state index contributed by atoms with van der Waals surface area (Å²) in [5.41, 5.74) is 1.16. The second-order valence-corrected chi connectivity index (χ2v) is 3.75. The standard InChI is InChI=1S/C10H14O4/c1-2-7-5-8-6-11-9(14-8)10(7)12-3-4-13-10/h5,8-9H,2-4,6H2,1H3/t8-,9+/m0/s1. The third kappa shape index (κ3) is 1.02. The SMILES string of the molecule is CCC1=C[C@H]2CO[C@H](O2)C12OCCO2. The van der Waals surface area contributed by atoms with Crippen LogP contribution in [-0.4, -0.2) is 38.0 Å². The molecule has 3 aliphatic rings. The highest BCUT2D eigenvalue weighted by molar-refractivity contribution is 5.22. The first-order valence-electron chi connectivity index (χ1n) is 5.11. The van der Waals surface area contributed by atoms with Gasteiger partial charge in [0.15, 0.2) is 0 Å². The van der Waals surface area contributed by atoms with Crippen molar-refractivity contribution >= 4 is 0 Å². The van der Waals surface area contributed by atoms with Crippen molar-refractivity contribution in [1.82, 2.24) is 0 Å². The smallest absolute Gasteiger partial charge is 0.244 e. The summed E-state index contributed by atoms with van der Waals surface area (Å²) in [7, 11) is 0. The highest BCUT2D eigenvalue weighted by atomic mass is 16.8. The first-order chi connectivity index (χ1) is 6.85. The molecular formula is C10H14O4. The highest BCUT2D eigenvalue weighted by Crippen LogP contribution is 2.42. The van der Waals surface area contributed by atoms with Crippen LogP contribution in [0.3, 0.4) is 0 Å². The molecule has 3 aliphatic heterocycles. The van der Waals surface area contributed by atoms with Gasteiger partial charge < -0.3 is 18.9 Å². The van der Waals surface area contributed by atoms with Crippen LogP contribution >= 0.6 is 0 Å². The molecule has 1 spiro atoms. The molecule has 0 N–H and O–H groups in total. The quantitative estimate of drug-likeness (QED) is 0.584. The van der Waals surface area contributed by atoms with E-state index in [1.54, 1.807) is 0 Å². The summed E-state index contributed by atoms with van der Waals surface area (Å²) in [4.78, 5) is 0. The average molecular weight is 198 g/mol. The Balaban J connectivity index is 2.00. The molecule has 0 aliphatic carbocycles. The molecule has 0 unspecified atom stereocenters. The Kier molecular flexibility index (Phi) is 1.92. The molecule has 0 saturated carbocycles. The third-order valence-corrected chi connectivity index (χ3v) is 2.95. The minimum Gasteiger partial charge on any atom is -0.344 e. The maximum atomic E-state index is 5.67. The topological polar surface area (TPSA) is 36.9 Å². The lowest BCUT2D eigenvalue weighted by Gasteiger charge is -2.36. The van der Waals surface area contributed by atoms with E-state index in [4.69, 9.17) is 18.9 Å². The molecule has 0 amide bonds. The van der Waals surface area contributed by atoms with Gasteiger partial charge in [-0.25, -0.2) is 0 Å². The van der Waals surface area contributed by atoms with E-state index >= 15 is 0 Å². The van der Waals surface area contributed by atoms with Crippen molar-refractivity contribution in [2.24, 2.45) is 0 Å². The van der Waals surface area contributed by atoms with Gasteiger partial charge in [0.05, 0.1) is 19.8 Å². The van der Waals surface area contributed by atoms with Gasteiger partial charge in [-0.15, -0.1) is 0 Å². The first kappa shape index (κ1) is 8.85. The van der Waals surface area contributed by atoms with Gasteiger partial charge in [-0.3, -0.25) is 0 Å². The van der Waals surface area contributed by atoms with E-state index in [1.165, 1.54) is 0 Å². The van der Waals surface area contributed by atoms with Crippen LogP contribution in [0, 0.1) is 0 Å². The van der Waals surface area contributed by atoms with Crippen molar-refractivity contribution in [3.63, 3.8) is 0 Å². The van der Waals surface area contributed by atoms with E-state index in [2.05, 4.69) is 13.0 Å². The van der Waals surface area contributed by atoms with Crippen LogP contribution < -0.4 is 0 Å². The summed E-state index contributed by atoms with van der Waals surface area (Å²) in [5.74, 6) is -0.734. The van der Waals surface area contributed by atoms with E-state index < -0.39 is 5.79 Å². The van der Waals surface area contributed by atoms with Crippen molar-refractivity contribution in [3.8, 4) is 0 Å². The van der Waals surface area contributed by atoms with Crippen LogP contribution in [0.1, 0.15) is 13.3 Å². The predicted octanol–water partition coefficient (Wildman–Crippen LogP) is 0.821. The summed E-state index contributed by atoms with van der Waals surface area (Å²) in [5, 5.41) is 0. The van der Waals surface area contributed by atoms with Gasteiger partial charge in [-0.2, -0.15) is 0 Å². The zero-order valence-electron chi connectivity index (χ0n) is 8.19. The molecule has 14 heavy (non-hydrogen) atoms. The molecule has 0 radical (unpaired) electrons. The minimum absolute atomic E-state index is 0.0911. The zero-order valence-corrected chi connectivity index (χ0v) is 8.19. The van der Waals surface area contributed by atoms with Gasteiger partial charge in [-0.05, 0) is 18.1 Å². The van der Waals surface area contributed by atoms with Crippen molar-refractivity contribution in [1.29, 1.82) is 0 Å². The molecule has 3 rings (SSSR count). The molecule has 2 atom stereocenters. The summed E-state index contributed by atoms with van der Waals surface area (Å²) >= 11 is 0. The van der Waals surface area contributed by atoms with Crippen molar-refractivity contribution in [2.75, 3.05) is 19.8 Å². The van der Waals surface area contributed by atoms with Gasteiger partial charge in [0.25, 0.3) is 0 Å². The van der Waals surface area contributed by atoms with E-state index in [9.17, 15) is 0 Å². The lowest BCUT2D eigenvalue weighted by molar-refractivity contribution is -0.268. The molecule has 2 bridgehead atoms. The normalized spacial score (nSPS) is 39.1. The van der Waals surface area contributed by atoms with Gasteiger partial charge >= 0.3 is 0 Å². The Morgan fingerprint density at radius 1 is 1.43 bits per heavy atom. The van der Waals surface area contributed by atoms with Crippen molar-refractivity contribution in [3.05, 3.63) is 11.6 Å². The Morgan fingerprint density at radius 3 is 2.93 bits per heavy atom. The fraction of sp³-hybridized carbons (Fsp3) is 0.800. The summed E-state index contributed by atoms with van der Waals surface area (Å²) in [6.45, 7) is 3.95. The van der Waals surface area contributed by atoms with Gasteiger partial charge in [-0.1, -0.05) is 6.92 Å². The molecule has 2 fully saturated rings. The first-order valence-corrected chi connectivity index (χ1v) is 5.11. The Hall–Kier alpha value is -0.420. The van der Waals surface area contributed by atoms with Crippen LogP contribution in [0.5, 0.6) is 0 Å².